The number of nitrogens with one attached hydrogen (secondary N) is 1. The van der Waals surface area contributed by atoms with E-state index in [0.29, 0.717) is 6.04 Å². The summed E-state index contributed by atoms with van der Waals surface area (Å²) in [6, 6.07) is 0.603. The second-order valence-electron chi connectivity index (χ2n) is 4.27. The van der Waals surface area contributed by atoms with Crippen molar-refractivity contribution in [3.63, 3.8) is 0 Å². The van der Waals surface area contributed by atoms with Gasteiger partial charge in [0.2, 0.25) is 10.1 Å². The van der Waals surface area contributed by atoms with Gasteiger partial charge >= 0.3 is 0 Å². The third-order valence-corrected chi connectivity index (χ3v) is 4.69. The van der Waals surface area contributed by atoms with Crippen molar-refractivity contribution < 1.29 is 0 Å². The maximum atomic E-state index is 4.58. The molecule has 0 bridgehead atoms. The standard InChI is InChI=1S/C10H14IN5S/c1-15(7-2-4-12-5-3-7)10-14-16-6-8(11)13-9(16)17-10/h6-7,12H,2-5H2,1H3. The first-order chi connectivity index (χ1) is 8.24. The number of anilines is 1. The van der Waals surface area contributed by atoms with Gasteiger partial charge in [0.1, 0.15) is 3.70 Å². The van der Waals surface area contributed by atoms with Gasteiger partial charge in [-0.1, -0.05) is 11.3 Å². The minimum atomic E-state index is 0.603. The number of rotatable bonds is 2. The van der Waals surface area contributed by atoms with Crippen LogP contribution >= 0.6 is 33.9 Å². The Morgan fingerprint density at radius 1 is 1.53 bits per heavy atom. The molecule has 7 heteroatoms. The topological polar surface area (TPSA) is 45.5 Å². The van der Waals surface area contributed by atoms with Crippen molar-refractivity contribution in [3.05, 3.63) is 9.90 Å². The minimum absolute atomic E-state index is 0.603. The van der Waals surface area contributed by atoms with Crippen molar-refractivity contribution in [1.82, 2.24) is 19.9 Å². The van der Waals surface area contributed by atoms with Crippen LogP contribution in [0.2, 0.25) is 0 Å². The van der Waals surface area contributed by atoms with Gasteiger partial charge in [-0.15, -0.1) is 5.10 Å². The minimum Gasteiger partial charge on any atom is -0.347 e. The lowest BCUT2D eigenvalue weighted by Gasteiger charge is -2.30. The average molecular weight is 363 g/mol. The number of hydrogen-bond acceptors (Lipinski definition) is 5. The van der Waals surface area contributed by atoms with Gasteiger partial charge < -0.3 is 10.2 Å². The molecule has 92 valence electrons. The highest BCUT2D eigenvalue weighted by atomic mass is 127. The van der Waals surface area contributed by atoms with Crippen LogP contribution in [0.25, 0.3) is 4.96 Å². The highest BCUT2D eigenvalue weighted by molar-refractivity contribution is 14.1. The molecule has 0 spiro atoms. The highest BCUT2D eigenvalue weighted by Crippen LogP contribution is 2.26. The molecule has 1 saturated heterocycles. The Labute approximate surface area is 117 Å². The first kappa shape index (κ1) is 11.7. The summed E-state index contributed by atoms with van der Waals surface area (Å²) in [5, 5.41) is 9.04. The second kappa shape index (κ2) is 4.69. The molecule has 3 heterocycles. The predicted molar refractivity (Wildman–Crippen MR) is 77.9 cm³/mol. The largest absolute Gasteiger partial charge is 0.347 e. The van der Waals surface area contributed by atoms with Crippen molar-refractivity contribution in [2.75, 3.05) is 25.0 Å². The molecule has 1 aliphatic rings. The normalized spacial score (nSPS) is 17.8. The Morgan fingerprint density at radius 2 is 2.29 bits per heavy atom. The molecule has 1 fully saturated rings. The van der Waals surface area contributed by atoms with Gasteiger partial charge in [-0.2, -0.15) is 0 Å². The summed E-state index contributed by atoms with van der Waals surface area (Å²) in [6.45, 7) is 2.21. The molecule has 1 aliphatic heterocycles. The van der Waals surface area contributed by atoms with Crippen molar-refractivity contribution in [1.29, 1.82) is 0 Å². The highest BCUT2D eigenvalue weighted by Gasteiger charge is 2.21. The van der Waals surface area contributed by atoms with Crippen LogP contribution in [0.3, 0.4) is 0 Å². The molecule has 3 rings (SSSR count). The zero-order chi connectivity index (χ0) is 11.8. The van der Waals surface area contributed by atoms with Gasteiger partial charge in [0.25, 0.3) is 0 Å². The first-order valence-corrected chi connectivity index (χ1v) is 7.59. The van der Waals surface area contributed by atoms with Gasteiger partial charge in [0, 0.05) is 13.1 Å². The lowest BCUT2D eigenvalue weighted by atomic mass is 10.1. The summed E-state index contributed by atoms with van der Waals surface area (Å²) in [4.78, 5) is 7.70. The summed E-state index contributed by atoms with van der Waals surface area (Å²) in [5.74, 6) is 0. The van der Waals surface area contributed by atoms with E-state index in [1.54, 1.807) is 11.3 Å². The summed E-state index contributed by atoms with van der Waals surface area (Å²) in [6.07, 6.45) is 4.35. The van der Waals surface area contributed by atoms with Crippen LogP contribution in [0.1, 0.15) is 12.8 Å². The van der Waals surface area contributed by atoms with E-state index < -0.39 is 0 Å². The molecule has 0 atom stereocenters. The van der Waals surface area contributed by atoms with Crippen LogP contribution in [0.15, 0.2) is 6.20 Å². The van der Waals surface area contributed by atoms with Crippen LogP contribution < -0.4 is 10.2 Å². The molecular formula is C10H14IN5S. The summed E-state index contributed by atoms with van der Waals surface area (Å²) in [5.41, 5.74) is 0. The fourth-order valence-electron chi connectivity index (χ4n) is 2.16. The van der Waals surface area contributed by atoms with Crippen LogP contribution in [-0.4, -0.2) is 40.8 Å². The number of halogens is 1. The van der Waals surface area contributed by atoms with Gasteiger partial charge in [0.05, 0.1) is 6.20 Å². The number of piperidine rings is 1. The first-order valence-electron chi connectivity index (χ1n) is 5.69. The van der Waals surface area contributed by atoms with Crippen LogP contribution in [0, 0.1) is 3.70 Å². The van der Waals surface area contributed by atoms with E-state index >= 15 is 0 Å². The number of fused-ring (bicyclic) bond motifs is 1. The van der Waals surface area contributed by atoms with E-state index in [9.17, 15) is 0 Å². The maximum Gasteiger partial charge on any atom is 0.214 e. The molecule has 2 aromatic rings. The second-order valence-corrected chi connectivity index (χ2v) is 6.31. The lowest BCUT2D eigenvalue weighted by molar-refractivity contribution is 0.442. The number of aromatic nitrogens is 3. The maximum absolute atomic E-state index is 4.58. The number of imidazole rings is 1. The third kappa shape index (κ3) is 2.27. The zero-order valence-corrected chi connectivity index (χ0v) is 12.5. The Morgan fingerprint density at radius 3 is 3.00 bits per heavy atom. The molecule has 0 aliphatic carbocycles. The molecule has 17 heavy (non-hydrogen) atoms. The molecule has 0 amide bonds. The monoisotopic (exact) mass is 363 g/mol. The van der Waals surface area contributed by atoms with Crippen LogP contribution in [0.4, 0.5) is 5.13 Å². The predicted octanol–water partition coefficient (Wildman–Crippen LogP) is 1.58. The fourth-order valence-corrected chi connectivity index (χ4v) is 3.73. The SMILES string of the molecule is CN(c1nn2cc(I)nc2s1)C1CCNCC1. The van der Waals surface area contributed by atoms with Crippen molar-refractivity contribution in [3.8, 4) is 0 Å². The van der Waals surface area contributed by atoms with E-state index in [0.717, 1.165) is 26.9 Å². The van der Waals surface area contributed by atoms with Crippen LogP contribution in [-0.2, 0) is 0 Å². The van der Waals surface area contributed by atoms with Gasteiger partial charge in [-0.05, 0) is 48.5 Å². The summed E-state index contributed by atoms with van der Waals surface area (Å²) < 4.78 is 2.87. The van der Waals surface area contributed by atoms with Crippen LogP contribution in [0.5, 0.6) is 0 Å². The third-order valence-electron chi connectivity index (χ3n) is 3.16. The average Bonchev–Trinajstić information content (AvgIpc) is 2.86. The van der Waals surface area contributed by atoms with E-state index in [4.69, 9.17) is 0 Å². The zero-order valence-electron chi connectivity index (χ0n) is 9.56. The molecule has 0 unspecified atom stereocenters. The Bertz CT molecular complexity index is 484. The summed E-state index contributed by atoms with van der Waals surface area (Å²) in [7, 11) is 2.14. The van der Waals surface area contributed by atoms with E-state index in [-0.39, 0.29) is 0 Å². The molecule has 5 nitrogen and oxygen atoms in total. The fraction of sp³-hybridized carbons (Fsp3) is 0.600. The smallest absolute Gasteiger partial charge is 0.214 e. The van der Waals surface area contributed by atoms with E-state index in [1.807, 2.05) is 10.7 Å². The van der Waals surface area contributed by atoms with E-state index in [2.05, 4.69) is 49.9 Å². The van der Waals surface area contributed by atoms with Crippen molar-refractivity contribution in [2.24, 2.45) is 0 Å². The van der Waals surface area contributed by atoms with Crippen molar-refractivity contribution >= 4 is 44.0 Å². The summed E-state index contributed by atoms with van der Waals surface area (Å²) >= 11 is 3.88. The number of hydrogen-bond donors (Lipinski definition) is 1. The molecule has 2 aromatic heterocycles. The molecule has 1 N–H and O–H groups in total. The lowest BCUT2D eigenvalue weighted by Crippen LogP contribution is -2.41. The van der Waals surface area contributed by atoms with Gasteiger partial charge in [-0.3, -0.25) is 0 Å². The van der Waals surface area contributed by atoms with E-state index in [1.165, 1.54) is 12.8 Å². The number of nitrogens with zero attached hydrogens (tertiary/aromatic N) is 4. The Balaban J connectivity index is 1.84. The molecular weight excluding hydrogens is 349 g/mol. The molecule has 0 aromatic carbocycles. The molecule has 0 saturated carbocycles. The van der Waals surface area contributed by atoms with Crippen molar-refractivity contribution in [2.45, 2.75) is 18.9 Å². The van der Waals surface area contributed by atoms with Gasteiger partial charge in [-0.25, -0.2) is 9.50 Å². The Hall–Kier alpha value is -0.410. The van der Waals surface area contributed by atoms with Gasteiger partial charge in [0.15, 0.2) is 0 Å². The molecule has 0 radical (unpaired) electrons. The quantitative estimate of drug-likeness (QED) is 0.824. The Kier molecular flexibility index (Phi) is 3.22.